The second-order valence-corrected chi connectivity index (χ2v) is 1.97. The zero-order chi connectivity index (χ0) is 8.48. The Morgan fingerprint density at radius 1 is 1.27 bits per heavy atom. The maximum Gasteiger partial charge on any atom is 0.422 e. The van der Waals surface area contributed by atoms with E-state index in [9.17, 15) is 9.59 Å². The number of esters is 2. The summed E-state index contributed by atoms with van der Waals surface area (Å²) in [4.78, 5) is 20.7. The Bertz CT molecular complexity index is 181. The highest BCUT2D eigenvalue weighted by Gasteiger charge is 2.46. The number of aliphatic hydroxyl groups is 2. The lowest BCUT2D eigenvalue weighted by molar-refractivity contribution is -0.297. The average molecular weight is 162 g/mol. The predicted octanol–water partition coefficient (Wildman–Crippen LogP) is -1.89. The molecule has 1 aliphatic rings. The molecule has 1 heterocycles. The molecule has 1 saturated heterocycles. The van der Waals surface area contributed by atoms with Gasteiger partial charge in [0.2, 0.25) is 0 Å². The Morgan fingerprint density at radius 2 is 1.73 bits per heavy atom. The smallest absolute Gasteiger partial charge is 0.396 e. The molecule has 0 unspecified atom stereocenters. The van der Waals surface area contributed by atoms with Crippen molar-refractivity contribution in [2.75, 3.05) is 6.61 Å². The Balaban J connectivity index is 2.63. The molecule has 0 aliphatic carbocycles. The van der Waals surface area contributed by atoms with Gasteiger partial charge in [-0.25, -0.2) is 9.59 Å². The van der Waals surface area contributed by atoms with E-state index < -0.39 is 24.5 Å². The summed E-state index contributed by atoms with van der Waals surface area (Å²) in [5.74, 6) is -4.76. The first-order valence-corrected chi connectivity index (χ1v) is 2.87. The van der Waals surface area contributed by atoms with Crippen LogP contribution < -0.4 is 0 Å². The molecule has 6 nitrogen and oxygen atoms in total. The minimum Gasteiger partial charge on any atom is -0.396 e. The molecule has 0 aromatic heterocycles. The monoisotopic (exact) mass is 162 g/mol. The summed E-state index contributed by atoms with van der Waals surface area (Å²) in [5, 5.41) is 17.3. The molecule has 11 heavy (non-hydrogen) atoms. The molecule has 62 valence electrons. The molecular formula is C5H6O6. The molecule has 0 radical (unpaired) electrons. The van der Waals surface area contributed by atoms with Crippen molar-refractivity contribution in [1.82, 2.24) is 0 Å². The third-order valence-electron chi connectivity index (χ3n) is 1.10. The molecule has 2 N–H and O–H groups in total. The largest absolute Gasteiger partial charge is 0.422 e. The van der Waals surface area contributed by atoms with Crippen LogP contribution in [0.15, 0.2) is 0 Å². The van der Waals surface area contributed by atoms with Crippen LogP contribution in [0.5, 0.6) is 0 Å². The summed E-state index contributed by atoms with van der Waals surface area (Å²) in [6.07, 6.45) is -0.343. The minimum absolute atomic E-state index is 0.343. The molecule has 0 spiro atoms. The zero-order valence-electron chi connectivity index (χ0n) is 5.44. The molecule has 1 aliphatic heterocycles. The van der Waals surface area contributed by atoms with Gasteiger partial charge in [0, 0.05) is 0 Å². The van der Waals surface area contributed by atoms with E-state index in [1.165, 1.54) is 0 Å². The molecular weight excluding hydrogens is 156 g/mol. The fourth-order valence-corrected chi connectivity index (χ4v) is 0.637. The van der Waals surface area contributed by atoms with E-state index in [1.54, 1.807) is 0 Å². The molecule has 0 saturated carbocycles. The van der Waals surface area contributed by atoms with E-state index in [1.807, 2.05) is 0 Å². The van der Waals surface area contributed by atoms with Crippen molar-refractivity contribution >= 4 is 11.9 Å². The zero-order valence-corrected chi connectivity index (χ0v) is 5.44. The molecule has 0 aromatic carbocycles. The first-order valence-electron chi connectivity index (χ1n) is 2.87. The molecule has 6 heteroatoms. The fraction of sp³-hybridized carbons (Fsp3) is 0.600. The Labute approximate surface area is 61.3 Å². The van der Waals surface area contributed by atoms with Gasteiger partial charge in [-0.1, -0.05) is 0 Å². The number of ether oxygens (including phenoxy) is 2. The molecule has 0 aromatic rings. The van der Waals surface area contributed by atoms with E-state index in [-0.39, 0.29) is 6.42 Å². The summed E-state index contributed by atoms with van der Waals surface area (Å²) in [7, 11) is 0. The first kappa shape index (κ1) is 7.96. The van der Waals surface area contributed by atoms with Gasteiger partial charge in [-0.2, -0.15) is 0 Å². The number of cyclic esters (lactones) is 2. The van der Waals surface area contributed by atoms with Gasteiger partial charge in [0.05, 0.1) is 13.0 Å². The van der Waals surface area contributed by atoms with Crippen molar-refractivity contribution in [3.8, 4) is 0 Å². The van der Waals surface area contributed by atoms with Crippen LogP contribution in [-0.4, -0.2) is 34.7 Å². The van der Waals surface area contributed by atoms with Crippen LogP contribution >= 0.6 is 0 Å². The summed E-state index contributed by atoms with van der Waals surface area (Å²) >= 11 is 0. The Morgan fingerprint density at radius 3 is 2.09 bits per heavy atom. The molecule has 1 rings (SSSR count). The van der Waals surface area contributed by atoms with E-state index in [4.69, 9.17) is 10.2 Å². The van der Waals surface area contributed by atoms with Gasteiger partial charge in [0.25, 0.3) is 0 Å². The van der Waals surface area contributed by atoms with E-state index in [0.29, 0.717) is 0 Å². The van der Waals surface area contributed by atoms with Crippen molar-refractivity contribution in [3.05, 3.63) is 0 Å². The fourth-order valence-electron chi connectivity index (χ4n) is 0.637. The van der Waals surface area contributed by atoms with Gasteiger partial charge in [0.15, 0.2) is 0 Å². The lowest BCUT2D eigenvalue weighted by Crippen LogP contribution is -2.31. The van der Waals surface area contributed by atoms with Gasteiger partial charge in [0.1, 0.15) is 0 Å². The maximum absolute atomic E-state index is 10.3. The highest BCUT2D eigenvalue weighted by molar-refractivity contribution is 6.31. The number of carbonyl (C=O) groups is 2. The first-order chi connectivity index (χ1) is 5.07. The van der Waals surface area contributed by atoms with E-state index in [0.717, 1.165) is 0 Å². The SMILES string of the molecule is O=C1OC(O)(CCO)OC1=O. The van der Waals surface area contributed by atoms with Gasteiger partial charge in [-0.15, -0.1) is 0 Å². The van der Waals surface area contributed by atoms with Crippen LogP contribution in [0.25, 0.3) is 0 Å². The van der Waals surface area contributed by atoms with E-state index >= 15 is 0 Å². The molecule has 0 bridgehead atoms. The second-order valence-electron chi connectivity index (χ2n) is 1.97. The summed E-state index contributed by atoms with van der Waals surface area (Å²) < 4.78 is 8.17. The number of aliphatic hydroxyl groups excluding tert-OH is 1. The van der Waals surface area contributed by atoms with Crippen LogP contribution in [0.1, 0.15) is 6.42 Å². The van der Waals surface area contributed by atoms with Crippen LogP contribution in [0.4, 0.5) is 0 Å². The average Bonchev–Trinajstić information content (AvgIpc) is 2.08. The summed E-state index contributed by atoms with van der Waals surface area (Å²) in [6, 6.07) is 0. The topological polar surface area (TPSA) is 93.1 Å². The Hall–Kier alpha value is -1.14. The lowest BCUT2D eigenvalue weighted by atomic mass is 10.4. The Kier molecular flexibility index (Phi) is 1.79. The summed E-state index contributed by atoms with van der Waals surface area (Å²) in [6.45, 7) is -0.447. The van der Waals surface area contributed by atoms with Gasteiger partial charge < -0.3 is 19.7 Å². The number of rotatable bonds is 2. The third kappa shape index (κ3) is 1.47. The van der Waals surface area contributed by atoms with Crippen molar-refractivity contribution in [2.24, 2.45) is 0 Å². The van der Waals surface area contributed by atoms with Gasteiger partial charge >= 0.3 is 17.9 Å². The normalized spacial score (nSPS) is 21.3. The minimum atomic E-state index is -2.26. The molecule has 0 atom stereocenters. The highest BCUT2D eigenvalue weighted by atomic mass is 16.9. The predicted molar refractivity (Wildman–Crippen MR) is 28.8 cm³/mol. The van der Waals surface area contributed by atoms with Crippen LogP contribution in [0.3, 0.4) is 0 Å². The number of hydrogen-bond acceptors (Lipinski definition) is 6. The number of hydrogen-bond donors (Lipinski definition) is 2. The second kappa shape index (κ2) is 2.48. The van der Waals surface area contributed by atoms with Crippen LogP contribution in [-0.2, 0) is 19.1 Å². The van der Waals surface area contributed by atoms with E-state index in [2.05, 4.69) is 9.47 Å². The lowest BCUT2D eigenvalue weighted by Gasteiger charge is -2.15. The standard InChI is InChI=1S/C5H6O6/c6-2-1-5(9)10-3(7)4(8)11-5/h6,9H,1-2H2. The molecule has 0 amide bonds. The highest BCUT2D eigenvalue weighted by Crippen LogP contribution is 2.20. The van der Waals surface area contributed by atoms with Crippen molar-refractivity contribution in [3.63, 3.8) is 0 Å². The van der Waals surface area contributed by atoms with Crippen molar-refractivity contribution in [2.45, 2.75) is 12.4 Å². The third-order valence-corrected chi connectivity index (χ3v) is 1.10. The summed E-state index contributed by atoms with van der Waals surface area (Å²) in [5.41, 5.74) is 0. The van der Waals surface area contributed by atoms with Gasteiger partial charge in [-0.3, -0.25) is 0 Å². The van der Waals surface area contributed by atoms with Gasteiger partial charge in [-0.05, 0) is 0 Å². The van der Waals surface area contributed by atoms with Crippen LogP contribution in [0, 0.1) is 0 Å². The van der Waals surface area contributed by atoms with Crippen LogP contribution in [0.2, 0.25) is 0 Å². The van der Waals surface area contributed by atoms with Crippen molar-refractivity contribution in [1.29, 1.82) is 0 Å². The number of carbonyl (C=O) groups excluding carboxylic acids is 2. The van der Waals surface area contributed by atoms with Crippen molar-refractivity contribution < 1.29 is 29.3 Å². The maximum atomic E-state index is 10.3. The quantitative estimate of drug-likeness (QED) is 0.364. The molecule has 1 fully saturated rings.